The fourth-order valence-corrected chi connectivity index (χ4v) is 3.45. The van der Waals surface area contributed by atoms with Crippen molar-refractivity contribution in [2.24, 2.45) is 0 Å². The summed E-state index contributed by atoms with van der Waals surface area (Å²) < 4.78 is 2.11. The van der Waals surface area contributed by atoms with Gasteiger partial charge < -0.3 is 4.98 Å². The van der Waals surface area contributed by atoms with Gasteiger partial charge in [-0.3, -0.25) is 5.10 Å². The molecule has 5 nitrogen and oxygen atoms in total. The van der Waals surface area contributed by atoms with Gasteiger partial charge in [0, 0.05) is 17.8 Å². The topological polar surface area (TPSA) is 61.2 Å². The first kappa shape index (κ1) is 16.4. The predicted molar refractivity (Wildman–Crippen MR) is 110 cm³/mol. The average molecular weight is 366 g/mol. The zero-order valence-electron chi connectivity index (χ0n) is 15.6. The molecule has 0 unspecified atom stereocenters. The quantitative estimate of drug-likeness (QED) is 0.467. The summed E-state index contributed by atoms with van der Waals surface area (Å²) in [5.74, 6) is 0.880. The Hall–Kier alpha value is -3.73. The second-order valence-electron chi connectivity index (χ2n) is 7.03. The van der Waals surface area contributed by atoms with Crippen LogP contribution in [0.2, 0.25) is 0 Å². The summed E-state index contributed by atoms with van der Waals surface area (Å²) in [5, 5.41) is 6.99. The summed E-state index contributed by atoms with van der Waals surface area (Å²) >= 11 is 0. The number of hydrogen-bond acceptors (Lipinski definition) is 2. The molecular formula is C23H20N5+. The predicted octanol–water partition coefficient (Wildman–Crippen LogP) is 4.26. The number of imidazole rings is 1. The van der Waals surface area contributed by atoms with E-state index in [1.165, 1.54) is 16.7 Å². The Morgan fingerprint density at radius 3 is 2.57 bits per heavy atom. The van der Waals surface area contributed by atoms with Gasteiger partial charge in [-0.15, -0.1) is 0 Å². The van der Waals surface area contributed by atoms with Gasteiger partial charge in [-0.05, 0) is 24.1 Å². The lowest BCUT2D eigenvalue weighted by atomic mass is 10.0. The molecule has 136 valence electrons. The monoisotopic (exact) mass is 366 g/mol. The van der Waals surface area contributed by atoms with E-state index in [0.29, 0.717) is 0 Å². The van der Waals surface area contributed by atoms with Crippen LogP contribution in [0.3, 0.4) is 0 Å². The zero-order valence-corrected chi connectivity index (χ0v) is 15.6. The van der Waals surface area contributed by atoms with E-state index in [4.69, 9.17) is 4.98 Å². The smallest absolute Gasteiger partial charge is 0.195 e. The van der Waals surface area contributed by atoms with E-state index < -0.39 is 0 Å². The molecule has 0 saturated heterocycles. The molecule has 0 radical (unpaired) electrons. The maximum Gasteiger partial charge on any atom is 0.195 e. The minimum Gasteiger partial charge on any atom is -0.333 e. The van der Waals surface area contributed by atoms with Crippen LogP contribution < -0.4 is 4.57 Å². The lowest BCUT2D eigenvalue weighted by Gasteiger charge is -2.04. The van der Waals surface area contributed by atoms with Crippen LogP contribution in [-0.4, -0.2) is 20.2 Å². The molecule has 3 heterocycles. The van der Waals surface area contributed by atoms with E-state index in [1.807, 2.05) is 18.3 Å². The Morgan fingerprint density at radius 1 is 0.929 bits per heavy atom. The number of aryl methyl sites for hydroxylation is 1. The Labute approximate surface area is 162 Å². The molecule has 0 amide bonds. The van der Waals surface area contributed by atoms with E-state index in [-0.39, 0.29) is 0 Å². The number of fused-ring (bicyclic) bond motifs is 1. The van der Waals surface area contributed by atoms with Gasteiger partial charge in [0.1, 0.15) is 16.9 Å². The van der Waals surface area contributed by atoms with E-state index >= 15 is 0 Å². The van der Waals surface area contributed by atoms with Crippen molar-refractivity contribution in [3.63, 3.8) is 0 Å². The molecule has 2 N–H and O–H groups in total. The molecule has 0 aliphatic rings. The molecule has 0 bridgehead atoms. The fourth-order valence-electron chi connectivity index (χ4n) is 3.45. The number of H-pyrrole nitrogens is 2. The summed E-state index contributed by atoms with van der Waals surface area (Å²) in [5.41, 5.74) is 7.82. The molecule has 5 heteroatoms. The number of nitrogens with zero attached hydrogens (tertiary/aromatic N) is 3. The maximum atomic E-state index is 4.75. The number of aromatic amines is 2. The summed E-state index contributed by atoms with van der Waals surface area (Å²) in [7, 11) is 0. The van der Waals surface area contributed by atoms with Gasteiger partial charge in [-0.1, -0.05) is 54.1 Å². The molecule has 3 aromatic heterocycles. The fraction of sp³-hybridized carbons (Fsp3) is 0.0870. The first-order valence-electron chi connectivity index (χ1n) is 9.29. The van der Waals surface area contributed by atoms with Crippen LogP contribution in [0.4, 0.5) is 0 Å². The molecule has 5 rings (SSSR count). The van der Waals surface area contributed by atoms with Gasteiger partial charge in [0.05, 0.1) is 5.69 Å². The molecule has 28 heavy (non-hydrogen) atoms. The Bertz CT molecular complexity index is 1230. The van der Waals surface area contributed by atoms with Crippen LogP contribution >= 0.6 is 0 Å². The standard InChI is InChI=1S/C23H19N5/c1-16-3-2-4-19(13-16)17-5-7-18(8-6-17)23-25-21-10-12-28(15-22(21)26-23)14-20-9-11-24-27-20/h2-13,15H,14H2,1H3,(H,24,27)/p+1. The van der Waals surface area contributed by atoms with E-state index in [2.05, 4.69) is 81.4 Å². The van der Waals surface area contributed by atoms with Gasteiger partial charge in [-0.25, -0.2) is 4.98 Å². The van der Waals surface area contributed by atoms with Gasteiger partial charge in [0.25, 0.3) is 0 Å². The molecule has 0 atom stereocenters. The van der Waals surface area contributed by atoms with Gasteiger partial charge in [0.15, 0.2) is 18.9 Å². The van der Waals surface area contributed by atoms with Crippen LogP contribution in [0, 0.1) is 6.92 Å². The van der Waals surface area contributed by atoms with Crippen LogP contribution in [0.5, 0.6) is 0 Å². The second-order valence-corrected chi connectivity index (χ2v) is 7.03. The van der Waals surface area contributed by atoms with Crippen LogP contribution in [0.1, 0.15) is 11.3 Å². The third-order valence-electron chi connectivity index (χ3n) is 4.90. The van der Waals surface area contributed by atoms with Crippen LogP contribution in [0.15, 0.2) is 79.3 Å². The van der Waals surface area contributed by atoms with E-state index in [1.54, 1.807) is 6.20 Å². The van der Waals surface area contributed by atoms with Gasteiger partial charge in [0.2, 0.25) is 0 Å². The number of rotatable bonds is 4. The number of hydrogen-bond donors (Lipinski definition) is 2. The molecule has 0 saturated carbocycles. The lowest BCUT2D eigenvalue weighted by Crippen LogP contribution is -2.33. The number of aromatic nitrogens is 5. The summed E-state index contributed by atoms with van der Waals surface area (Å²) in [4.78, 5) is 8.19. The molecule has 0 aliphatic carbocycles. The second kappa shape index (κ2) is 6.78. The van der Waals surface area contributed by atoms with E-state index in [9.17, 15) is 0 Å². The third kappa shape index (κ3) is 3.18. The van der Waals surface area contributed by atoms with Crippen LogP contribution in [-0.2, 0) is 6.54 Å². The molecule has 2 aromatic carbocycles. The molecular weight excluding hydrogens is 346 g/mol. The van der Waals surface area contributed by atoms with Crippen molar-refractivity contribution in [2.75, 3.05) is 0 Å². The van der Waals surface area contributed by atoms with Crippen molar-refractivity contribution in [2.45, 2.75) is 13.5 Å². The highest BCUT2D eigenvalue weighted by Gasteiger charge is 2.11. The maximum absolute atomic E-state index is 4.75. The van der Waals surface area contributed by atoms with E-state index in [0.717, 1.165) is 34.7 Å². The highest BCUT2D eigenvalue weighted by atomic mass is 15.1. The zero-order chi connectivity index (χ0) is 18.9. The number of benzene rings is 2. The van der Waals surface area contributed by atoms with Gasteiger partial charge in [-0.2, -0.15) is 9.67 Å². The highest BCUT2D eigenvalue weighted by molar-refractivity contribution is 5.78. The minimum atomic E-state index is 0.746. The first-order chi connectivity index (χ1) is 13.7. The van der Waals surface area contributed by atoms with Crippen molar-refractivity contribution >= 4 is 11.0 Å². The normalized spacial score (nSPS) is 11.2. The average Bonchev–Trinajstić information content (AvgIpc) is 3.37. The molecule has 0 spiro atoms. The number of nitrogens with one attached hydrogen (secondary N) is 2. The SMILES string of the molecule is Cc1cccc(-c2ccc(-c3nc4cc[n+](Cc5ccn[nH]5)cc4[nH]3)cc2)c1. The van der Waals surface area contributed by atoms with Crippen molar-refractivity contribution in [3.8, 4) is 22.5 Å². The van der Waals surface area contributed by atoms with Crippen molar-refractivity contribution in [1.82, 2.24) is 20.2 Å². The Morgan fingerprint density at radius 2 is 1.79 bits per heavy atom. The minimum absolute atomic E-state index is 0.746. The Balaban J connectivity index is 1.44. The molecule has 0 aliphatic heterocycles. The largest absolute Gasteiger partial charge is 0.333 e. The first-order valence-corrected chi connectivity index (χ1v) is 9.29. The van der Waals surface area contributed by atoms with Crippen molar-refractivity contribution < 1.29 is 4.57 Å². The number of pyridine rings is 1. The molecule has 0 fully saturated rings. The van der Waals surface area contributed by atoms with Crippen molar-refractivity contribution in [1.29, 1.82) is 0 Å². The molecule has 5 aromatic rings. The van der Waals surface area contributed by atoms with Crippen LogP contribution in [0.25, 0.3) is 33.5 Å². The summed E-state index contributed by atoms with van der Waals surface area (Å²) in [6.07, 6.45) is 5.88. The lowest BCUT2D eigenvalue weighted by molar-refractivity contribution is -0.687. The highest BCUT2D eigenvalue weighted by Crippen LogP contribution is 2.25. The third-order valence-corrected chi connectivity index (χ3v) is 4.90. The summed E-state index contributed by atoms with van der Waals surface area (Å²) in [6.45, 7) is 2.86. The van der Waals surface area contributed by atoms with Crippen molar-refractivity contribution in [3.05, 3.63) is 90.5 Å². The Kier molecular flexibility index (Phi) is 3.98. The summed E-state index contributed by atoms with van der Waals surface area (Å²) in [6, 6.07) is 21.1. The van der Waals surface area contributed by atoms with Gasteiger partial charge >= 0.3 is 0 Å².